The first-order valence-electron chi connectivity index (χ1n) is 9.67. The number of benzene rings is 1. The maximum absolute atomic E-state index is 14.2. The zero-order chi connectivity index (χ0) is 24.6. The number of aliphatic hydroxyl groups is 1. The van der Waals surface area contributed by atoms with Crippen molar-refractivity contribution < 1.29 is 37.7 Å². The van der Waals surface area contributed by atoms with Crippen LogP contribution in [0.3, 0.4) is 0 Å². The first-order chi connectivity index (χ1) is 15.6. The number of aromatic nitrogens is 1. The summed E-state index contributed by atoms with van der Waals surface area (Å²) in [5.41, 5.74) is 1.22. The number of aliphatic hydroxyl groups excluding tert-OH is 1. The second kappa shape index (κ2) is 11.5. The van der Waals surface area contributed by atoms with Gasteiger partial charge in [-0.15, -0.1) is 0 Å². The molecule has 12 heteroatoms. The Bertz CT molecular complexity index is 1160. The highest BCUT2D eigenvalue weighted by atomic mass is 32.2. The third-order valence-corrected chi connectivity index (χ3v) is 6.21. The Morgan fingerprint density at radius 1 is 1.24 bits per heavy atom. The molecule has 178 valence electrons. The lowest BCUT2D eigenvalue weighted by Crippen LogP contribution is -2.36. The second-order valence-electron chi connectivity index (χ2n) is 6.86. The number of halogens is 1. The molecule has 0 radical (unpaired) electrons. The van der Waals surface area contributed by atoms with Crippen molar-refractivity contribution >= 4 is 22.0 Å². The van der Waals surface area contributed by atoms with Gasteiger partial charge in [0.2, 0.25) is 0 Å². The SMILES string of the molecule is CNCc1cc(-c2ccccc2F)n(S(=O)(=O)C2=CCC(O)NC2)c1.O=C(O)/C=C/C(=O)O. The van der Waals surface area contributed by atoms with Crippen LogP contribution in [-0.2, 0) is 26.2 Å². The predicted molar refractivity (Wildman–Crippen MR) is 118 cm³/mol. The van der Waals surface area contributed by atoms with E-state index in [0.29, 0.717) is 18.7 Å². The third-order valence-electron chi connectivity index (χ3n) is 4.41. The molecule has 1 aromatic heterocycles. The Kier molecular flexibility index (Phi) is 9.05. The van der Waals surface area contributed by atoms with Crippen molar-refractivity contribution in [1.29, 1.82) is 0 Å². The van der Waals surface area contributed by atoms with Crippen LogP contribution in [-0.4, -0.2) is 59.5 Å². The predicted octanol–water partition coefficient (Wildman–Crippen LogP) is 1.10. The van der Waals surface area contributed by atoms with E-state index in [1.807, 2.05) is 0 Å². The van der Waals surface area contributed by atoms with E-state index in [9.17, 15) is 27.5 Å². The molecule has 33 heavy (non-hydrogen) atoms. The van der Waals surface area contributed by atoms with Crippen LogP contribution in [0, 0.1) is 5.82 Å². The number of rotatable bonds is 7. The Balaban J connectivity index is 0.000000414. The number of hydrogen-bond donors (Lipinski definition) is 5. The smallest absolute Gasteiger partial charge is 0.328 e. The van der Waals surface area contributed by atoms with Crippen molar-refractivity contribution in [3.8, 4) is 11.3 Å². The van der Waals surface area contributed by atoms with Crippen molar-refractivity contribution in [1.82, 2.24) is 14.6 Å². The molecule has 0 amide bonds. The van der Waals surface area contributed by atoms with Crippen LogP contribution in [0.5, 0.6) is 0 Å². The van der Waals surface area contributed by atoms with Gasteiger partial charge in [0.05, 0.1) is 10.6 Å². The fourth-order valence-electron chi connectivity index (χ4n) is 2.94. The molecule has 0 aliphatic carbocycles. The molecule has 0 saturated carbocycles. The van der Waals surface area contributed by atoms with Gasteiger partial charge in [0.1, 0.15) is 12.0 Å². The van der Waals surface area contributed by atoms with E-state index in [2.05, 4.69) is 10.6 Å². The summed E-state index contributed by atoms with van der Waals surface area (Å²) in [4.78, 5) is 19.3. The Morgan fingerprint density at radius 2 is 1.88 bits per heavy atom. The highest BCUT2D eigenvalue weighted by molar-refractivity contribution is 7.93. The first-order valence-corrected chi connectivity index (χ1v) is 11.1. The average molecular weight is 482 g/mol. The fraction of sp³-hybridized carbons (Fsp3) is 0.238. The molecule has 1 aliphatic heterocycles. The summed E-state index contributed by atoms with van der Waals surface area (Å²) in [6.45, 7) is 0.486. The molecule has 1 aromatic carbocycles. The minimum absolute atomic E-state index is 0.0275. The number of aliphatic carboxylic acids is 2. The van der Waals surface area contributed by atoms with Gasteiger partial charge >= 0.3 is 11.9 Å². The van der Waals surface area contributed by atoms with Gasteiger partial charge in [-0.3, -0.25) is 5.32 Å². The quantitative estimate of drug-likeness (QED) is 0.365. The maximum Gasteiger partial charge on any atom is 0.328 e. The van der Waals surface area contributed by atoms with Gasteiger partial charge in [-0.25, -0.2) is 26.4 Å². The molecule has 0 spiro atoms. The highest BCUT2D eigenvalue weighted by Gasteiger charge is 2.27. The van der Waals surface area contributed by atoms with Crippen LogP contribution in [0.15, 0.2) is 59.7 Å². The number of nitrogens with zero attached hydrogens (tertiary/aromatic N) is 1. The standard InChI is InChI=1S/C17H20FN3O3S.C4H4O4/c1-19-9-12-8-16(14-4-2-3-5-15(14)18)21(11-12)25(23,24)13-6-7-17(22)20-10-13;5-3(6)1-2-4(7)8/h2-6,8,11,17,19-20,22H,7,9-10H2,1H3;1-2H,(H,5,6)(H,7,8)/b;2-1+. The normalized spacial score (nSPS) is 16.1. The van der Waals surface area contributed by atoms with Crippen molar-refractivity contribution in [3.63, 3.8) is 0 Å². The van der Waals surface area contributed by atoms with Crippen molar-refractivity contribution in [2.45, 2.75) is 19.2 Å². The lowest BCUT2D eigenvalue weighted by molar-refractivity contribution is -0.134. The van der Waals surface area contributed by atoms with E-state index in [4.69, 9.17) is 10.2 Å². The first kappa shape index (κ1) is 25.9. The number of carbonyl (C=O) groups is 2. The van der Waals surface area contributed by atoms with Crippen LogP contribution < -0.4 is 10.6 Å². The van der Waals surface area contributed by atoms with E-state index in [1.54, 1.807) is 31.3 Å². The molecule has 3 rings (SSSR count). The average Bonchev–Trinajstić information content (AvgIpc) is 3.18. The number of nitrogens with one attached hydrogen (secondary N) is 2. The van der Waals surface area contributed by atoms with Crippen LogP contribution >= 0.6 is 0 Å². The monoisotopic (exact) mass is 481 g/mol. The van der Waals surface area contributed by atoms with E-state index in [0.717, 1.165) is 9.54 Å². The van der Waals surface area contributed by atoms with Gasteiger partial charge in [-0.05, 0) is 30.8 Å². The zero-order valence-corrected chi connectivity index (χ0v) is 18.4. The van der Waals surface area contributed by atoms with Gasteiger partial charge in [0, 0.05) is 43.4 Å². The van der Waals surface area contributed by atoms with Crippen LogP contribution in [0.2, 0.25) is 0 Å². The molecule has 1 atom stereocenters. The van der Waals surface area contributed by atoms with Crippen LogP contribution in [0.25, 0.3) is 11.3 Å². The second-order valence-corrected chi connectivity index (χ2v) is 8.73. The van der Waals surface area contributed by atoms with E-state index in [1.165, 1.54) is 18.3 Å². The summed E-state index contributed by atoms with van der Waals surface area (Å²) >= 11 is 0. The fourth-order valence-corrected chi connectivity index (χ4v) is 4.45. The zero-order valence-electron chi connectivity index (χ0n) is 17.6. The molecular formula is C21H24FN3O7S. The highest BCUT2D eigenvalue weighted by Crippen LogP contribution is 2.29. The summed E-state index contributed by atoms with van der Waals surface area (Å²) in [6, 6.07) is 7.74. The van der Waals surface area contributed by atoms with E-state index in [-0.39, 0.29) is 29.1 Å². The minimum Gasteiger partial charge on any atom is -0.478 e. The van der Waals surface area contributed by atoms with Crippen LogP contribution in [0.1, 0.15) is 12.0 Å². The number of carboxylic acids is 2. The van der Waals surface area contributed by atoms with Gasteiger partial charge in [-0.1, -0.05) is 18.2 Å². The molecule has 0 fully saturated rings. The van der Waals surface area contributed by atoms with Crippen molar-refractivity contribution in [2.75, 3.05) is 13.6 Å². The molecular weight excluding hydrogens is 457 g/mol. The maximum atomic E-state index is 14.2. The van der Waals surface area contributed by atoms with Crippen molar-refractivity contribution in [3.05, 3.63) is 71.0 Å². The summed E-state index contributed by atoms with van der Waals surface area (Å²) in [5, 5.41) is 30.8. The molecule has 2 heterocycles. The van der Waals surface area contributed by atoms with Crippen LogP contribution in [0.4, 0.5) is 4.39 Å². The molecule has 0 saturated heterocycles. The molecule has 10 nitrogen and oxygen atoms in total. The lowest BCUT2D eigenvalue weighted by Gasteiger charge is -2.20. The number of hydrogen-bond acceptors (Lipinski definition) is 7. The molecule has 5 N–H and O–H groups in total. The largest absolute Gasteiger partial charge is 0.478 e. The third kappa shape index (κ3) is 7.08. The molecule has 1 aliphatic rings. The molecule has 2 aromatic rings. The summed E-state index contributed by atoms with van der Waals surface area (Å²) in [5.74, 6) is -3.00. The van der Waals surface area contributed by atoms with E-state index >= 15 is 0 Å². The Labute approximate surface area is 189 Å². The minimum atomic E-state index is -3.87. The topological polar surface area (TPSA) is 158 Å². The van der Waals surface area contributed by atoms with Gasteiger partial charge in [0.25, 0.3) is 10.0 Å². The summed E-state index contributed by atoms with van der Waals surface area (Å²) in [6.07, 6.45) is 3.56. The van der Waals surface area contributed by atoms with Gasteiger partial charge in [0.15, 0.2) is 0 Å². The Morgan fingerprint density at radius 3 is 2.39 bits per heavy atom. The number of carboxylic acid groups (broad SMARTS) is 2. The van der Waals surface area contributed by atoms with Crippen molar-refractivity contribution in [2.24, 2.45) is 0 Å². The lowest BCUT2D eigenvalue weighted by atomic mass is 10.1. The molecule has 1 unspecified atom stereocenters. The van der Waals surface area contributed by atoms with Gasteiger partial charge < -0.3 is 20.6 Å². The summed E-state index contributed by atoms with van der Waals surface area (Å²) < 4.78 is 41.5. The Hall–Kier alpha value is -3.32. The van der Waals surface area contributed by atoms with E-state index < -0.39 is 34.0 Å². The van der Waals surface area contributed by atoms with Gasteiger partial charge in [-0.2, -0.15) is 0 Å². The summed E-state index contributed by atoms with van der Waals surface area (Å²) in [7, 11) is -2.12. The molecule has 0 bridgehead atoms.